The molecule has 0 aliphatic rings. The number of benzene rings is 4. The smallest absolute Gasteiger partial charge is 0.335 e. The number of ether oxygens (including phenoxy) is 2. The number of aromatic carboxylic acids is 1. The lowest BCUT2D eigenvalue weighted by Gasteiger charge is -2.13. The van der Waals surface area contributed by atoms with Crippen molar-refractivity contribution in [3.63, 3.8) is 0 Å². The van der Waals surface area contributed by atoms with Crippen LogP contribution in [-0.2, 0) is 9.59 Å². The summed E-state index contributed by atoms with van der Waals surface area (Å²) in [6, 6.07) is 26.4. The van der Waals surface area contributed by atoms with Crippen LogP contribution in [-0.4, -0.2) is 48.8 Å². The van der Waals surface area contributed by atoms with Crippen LogP contribution in [0.4, 0.5) is 11.4 Å². The highest BCUT2D eigenvalue weighted by atomic mass is 32.2. The number of rotatable bonds is 12. The van der Waals surface area contributed by atoms with Gasteiger partial charge in [0.2, 0.25) is 5.91 Å². The second-order valence-corrected chi connectivity index (χ2v) is 10.2. The van der Waals surface area contributed by atoms with E-state index in [-0.39, 0.29) is 22.9 Å². The molecule has 4 rings (SSSR count). The molecular weight excluding hydrogens is 582 g/mol. The fraction of sp³-hybridized carbons (Fsp3) is 0.0909. The lowest BCUT2D eigenvalue weighted by molar-refractivity contribution is -0.114. The predicted molar refractivity (Wildman–Crippen MR) is 169 cm³/mol. The Kier molecular flexibility index (Phi) is 10.8. The van der Waals surface area contributed by atoms with E-state index in [2.05, 4.69) is 16.0 Å². The molecule has 0 fully saturated rings. The molecule has 11 heteroatoms. The third-order valence-electron chi connectivity index (χ3n) is 6.17. The van der Waals surface area contributed by atoms with Gasteiger partial charge in [-0.2, -0.15) is 0 Å². The summed E-state index contributed by atoms with van der Waals surface area (Å²) < 4.78 is 10.7. The van der Waals surface area contributed by atoms with E-state index in [0.29, 0.717) is 34.0 Å². The number of carbonyl (C=O) groups excluding carboxylic acids is 3. The van der Waals surface area contributed by atoms with Gasteiger partial charge in [-0.3, -0.25) is 14.4 Å². The number of hydrogen-bond donors (Lipinski definition) is 4. The quantitative estimate of drug-likeness (QED) is 0.121. The molecule has 4 aromatic carbocycles. The maximum atomic E-state index is 13.4. The van der Waals surface area contributed by atoms with Crippen molar-refractivity contribution in [3.05, 3.63) is 119 Å². The Morgan fingerprint density at radius 1 is 0.773 bits per heavy atom. The zero-order chi connectivity index (χ0) is 31.5. The zero-order valence-electron chi connectivity index (χ0n) is 23.8. The van der Waals surface area contributed by atoms with Crippen molar-refractivity contribution in [2.24, 2.45) is 0 Å². The molecule has 0 atom stereocenters. The van der Waals surface area contributed by atoms with Gasteiger partial charge in [0, 0.05) is 33.5 Å². The number of nitrogens with one attached hydrogen (secondary N) is 3. The summed E-state index contributed by atoms with van der Waals surface area (Å²) in [6.45, 7) is 0. The molecule has 0 spiro atoms. The first-order valence-corrected chi connectivity index (χ1v) is 14.2. The summed E-state index contributed by atoms with van der Waals surface area (Å²) in [7, 11) is 3.03. The van der Waals surface area contributed by atoms with Crippen LogP contribution < -0.4 is 25.4 Å². The first-order valence-electron chi connectivity index (χ1n) is 13.2. The molecule has 10 nitrogen and oxygen atoms in total. The SMILES string of the molecule is COc1ccc(/C=C(\NC(=O)c2ccccc2)C(=O)Nc2ccc(SCC(=O)Nc3ccc(C(=O)O)cc3)cc2)c(OC)c1. The van der Waals surface area contributed by atoms with Crippen molar-refractivity contribution in [3.8, 4) is 11.5 Å². The minimum Gasteiger partial charge on any atom is -0.497 e. The molecule has 0 bridgehead atoms. The Bertz CT molecular complexity index is 1670. The summed E-state index contributed by atoms with van der Waals surface area (Å²) in [5.41, 5.74) is 2.03. The molecule has 3 amide bonds. The second-order valence-electron chi connectivity index (χ2n) is 9.18. The molecular formula is C33H29N3O7S. The van der Waals surface area contributed by atoms with Gasteiger partial charge in [-0.25, -0.2) is 4.79 Å². The van der Waals surface area contributed by atoms with Crippen molar-refractivity contribution in [1.29, 1.82) is 0 Å². The van der Waals surface area contributed by atoms with Crippen LogP contribution in [0.25, 0.3) is 6.08 Å². The molecule has 4 N–H and O–H groups in total. The van der Waals surface area contributed by atoms with Crippen LogP contribution in [0.2, 0.25) is 0 Å². The van der Waals surface area contributed by atoms with Crippen molar-refractivity contribution < 1.29 is 33.8 Å². The molecule has 0 aromatic heterocycles. The van der Waals surface area contributed by atoms with Gasteiger partial charge in [0.15, 0.2) is 0 Å². The van der Waals surface area contributed by atoms with Gasteiger partial charge in [-0.15, -0.1) is 11.8 Å². The Hall–Kier alpha value is -5.55. The van der Waals surface area contributed by atoms with Gasteiger partial charge < -0.3 is 30.5 Å². The van der Waals surface area contributed by atoms with Crippen LogP contribution in [0.15, 0.2) is 108 Å². The average Bonchev–Trinajstić information content (AvgIpc) is 3.04. The maximum absolute atomic E-state index is 13.4. The van der Waals surface area contributed by atoms with Gasteiger partial charge >= 0.3 is 5.97 Å². The number of hydrogen-bond acceptors (Lipinski definition) is 7. The van der Waals surface area contributed by atoms with Gasteiger partial charge in [0.25, 0.3) is 11.8 Å². The van der Waals surface area contributed by atoms with Gasteiger partial charge in [0.1, 0.15) is 17.2 Å². The number of thioether (sulfide) groups is 1. The predicted octanol–water partition coefficient (Wildman–Crippen LogP) is 5.54. The largest absolute Gasteiger partial charge is 0.497 e. The summed E-state index contributed by atoms with van der Waals surface area (Å²) >= 11 is 1.29. The fourth-order valence-corrected chi connectivity index (χ4v) is 4.61. The minimum atomic E-state index is -1.04. The number of anilines is 2. The molecule has 0 aliphatic carbocycles. The Morgan fingerprint density at radius 3 is 2.07 bits per heavy atom. The Labute approximate surface area is 258 Å². The maximum Gasteiger partial charge on any atom is 0.335 e. The van der Waals surface area contributed by atoms with Crippen molar-refractivity contribution in [2.75, 3.05) is 30.6 Å². The Morgan fingerprint density at radius 2 is 1.43 bits per heavy atom. The van der Waals surface area contributed by atoms with Crippen LogP contribution >= 0.6 is 11.8 Å². The van der Waals surface area contributed by atoms with E-state index in [9.17, 15) is 19.2 Å². The van der Waals surface area contributed by atoms with Crippen molar-refractivity contribution in [1.82, 2.24) is 5.32 Å². The standard InChI is InChI=1S/C33H29N3O7S/c1-42-26-15-10-23(29(19-26)43-2)18-28(36-31(38)21-6-4-3-5-7-21)32(39)35-25-13-16-27(17-14-25)44-20-30(37)34-24-11-8-22(9-12-24)33(40)41/h3-19H,20H2,1-2H3,(H,34,37)(H,35,39)(H,36,38)(H,40,41)/b28-18-. The second kappa shape index (κ2) is 15.1. The molecule has 4 aromatic rings. The summed E-state index contributed by atoms with van der Waals surface area (Å²) in [4.78, 5) is 50.5. The first kappa shape index (κ1) is 31.4. The van der Waals surface area contributed by atoms with Crippen molar-refractivity contribution in [2.45, 2.75) is 4.90 Å². The number of carboxylic acids is 1. The number of amides is 3. The van der Waals surface area contributed by atoms with Gasteiger partial charge in [-0.05, 0) is 78.9 Å². The zero-order valence-corrected chi connectivity index (χ0v) is 24.6. The summed E-state index contributed by atoms with van der Waals surface area (Å²) in [5, 5.41) is 17.2. The average molecular weight is 612 g/mol. The molecule has 0 saturated heterocycles. The lowest BCUT2D eigenvalue weighted by Crippen LogP contribution is -2.30. The number of methoxy groups -OCH3 is 2. The molecule has 0 heterocycles. The van der Waals surface area contributed by atoms with Crippen molar-refractivity contribution >= 4 is 52.9 Å². The van der Waals surface area contributed by atoms with Crippen LogP contribution in [0.5, 0.6) is 11.5 Å². The topological polar surface area (TPSA) is 143 Å². The first-order chi connectivity index (χ1) is 21.2. The van der Waals surface area contributed by atoms with E-state index in [1.165, 1.54) is 56.3 Å². The normalized spacial score (nSPS) is 10.8. The van der Waals surface area contributed by atoms with E-state index >= 15 is 0 Å². The van der Waals surface area contributed by atoms with E-state index < -0.39 is 17.8 Å². The fourth-order valence-electron chi connectivity index (χ4n) is 3.91. The highest BCUT2D eigenvalue weighted by Gasteiger charge is 2.17. The lowest BCUT2D eigenvalue weighted by atomic mass is 10.1. The van der Waals surface area contributed by atoms with Crippen LogP contribution in [0, 0.1) is 0 Å². The highest BCUT2D eigenvalue weighted by molar-refractivity contribution is 8.00. The van der Waals surface area contributed by atoms with E-state index in [0.717, 1.165) is 4.90 Å². The molecule has 0 unspecified atom stereocenters. The van der Waals surface area contributed by atoms with E-state index in [1.807, 2.05) is 0 Å². The Balaban J connectivity index is 1.43. The third kappa shape index (κ3) is 8.73. The minimum absolute atomic E-state index is 0.00571. The monoisotopic (exact) mass is 611 g/mol. The summed E-state index contributed by atoms with van der Waals surface area (Å²) in [6.07, 6.45) is 1.52. The molecule has 0 radical (unpaired) electrons. The molecule has 0 aliphatic heterocycles. The van der Waals surface area contributed by atoms with E-state index in [1.54, 1.807) is 72.8 Å². The highest BCUT2D eigenvalue weighted by Crippen LogP contribution is 2.27. The number of carbonyl (C=O) groups is 4. The molecule has 44 heavy (non-hydrogen) atoms. The van der Waals surface area contributed by atoms with E-state index in [4.69, 9.17) is 14.6 Å². The molecule has 0 saturated carbocycles. The van der Waals surface area contributed by atoms with Gasteiger partial charge in [0.05, 0.1) is 25.5 Å². The van der Waals surface area contributed by atoms with Gasteiger partial charge in [-0.1, -0.05) is 18.2 Å². The molecule has 224 valence electrons. The third-order valence-corrected chi connectivity index (χ3v) is 7.18. The number of carboxylic acid groups (broad SMARTS) is 1. The van der Waals surface area contributed by atoms with Crippen LogP contribution in [0.1, 0.15) is 26.3 Å². The van der Waals surface area contributed by atoms with Crippen LogP contribution in [0.3, 0.4) is 0 Å². The summed E-state index contributed by atoms with van der Waals surface area (Å²) in [5.74, 6) is -1.17.